The third kappa shape index (κ3) is 4.83. The van der Waals surface area contributed by atoms with Crippen LogP contribution in [0.3, 0.4) is 0 Å². The van der Waals surface area contributed by atoms with E-state index in [1.54, 1.807) is 19.3 Å². The summed E-state index contributed by atoms with van der Waals surface area (Å²) < 4.78 is 25.2. The first-order valence-electron chi connectivity index (χ1n) is 9.83. The number of rotatable bonds is 7. The summed E-state index contributed by atoms with van der Waals surface area (Å²) in [5, 5.41) is 6.00. The van der Waals surface area contributed by atoms with E-state index in [9.17, 15) is 13.2 Å². The molecule has 0 saturated heterocycles. The maximum absolute atomic E-state index is 11.9. The van der Waals surface area contributed by atoms with Crippen molar-refractivity contribution < 1.29 is 13.2 Å². The quantitative estimate of drug-likeness (QED) is 0.589. The van der Waals surface area contributed by atoms with Crippen LogP contribution in [0, 0.1) is 0 Å². The van der Waals surface area contributed by atoms with Gasteiger partial charge >= 0.3 is 0 Å². The molecule has 2 heterocycles. The number of aryl methyl sites for hydroxylation is 2. The van der Waals surface area contributed by atoms with Gasteiger partial charge in [0.05, 0.1) is 18.4 Å². The molecule has 3 aromatic rings. The highest BCUT2D eigenvalue weighted by molar-refractivity contribution is 7.92. The van der Waals surface area contributed by atoms with Crippen LogP contribution in [-0.4, -0.2) is 37.6 Å². The number of anilines is 4. The molecule has 1 aliphatic rings. The Kier molecular flexibility index (Phi) is 5.60. The second-order valence-corrected chi connectivity index (χ2v) is 9.47. The van der Waals surface area contributed by atoms with Gasteiger partial charge in [0.15, 0.2) is 0 Å². The molecule has 8 nitrogen and oxygen atoms in total. The number of aromatic nitrogens is 2. The van der Waals surface area contributed by atoms with E-state index in [1.165, 1.54) is 10.6 Å². The number of carbonyl (C=O) groups excluding carboxylic acids is 1. The Hall–Kier alpha value is -3.46. The molecule has 0 spiro atoms. The van der Waals surface area contributed by atoms with Crippen molar-refractivity contribution in [3.05, 3.63) is 71.5 Å². The number of carbonyl (C=O) groups is 1. The fraction of sp³-hybridized carbons (Fsp3) is 0.227. The van der Waals surface area contributed by atoms with Crippen molar-refractivity contribution in [1.29, 1.82) is 0 Å². The van der Waals surface area contributed by atoms with Gasteiger partial charge in [-0.25, -0.2) is 18.4 Å². The fourth-order valence-corrected chi connectivity index (χ4v) is 4.04. The predicted octanol–water partition coefficient (Wildman–Crippen LogP) is 2.90. The lowest BCUT2D eigenvalue weighted by molar-refractivity contribution is -0.115. The molecule has 0 fully saturated rings. The average molecular weight is 438 g/mol. The highest BCUT2D eigenvalue weighted by Gasteiger charge is 2.18. The number of para-hydroxylation sites is 1. The summed E-state index contributed by atoms with van der Waals surface area (Å²) >= 11 is 0. The normalized spacial score (nSPS) is 12.9. The number of fused-ring (bicyclic) bond motifs is 1. The molecule has 0 saturated carbocycles. The van der Waals surface area contributed by atoms with Crippen LogP contribution in [-0.2, 0) is 34.1 Å². The van der Waals surface area contributed by atoms with Crippen LogP contribution in [0.25, 0.3) is 0 Å². The van der Waals surface area contributed by atoms with E-state index in [0.29, 0.717) is 30.9 Å². The van der Waals surface area contributed by atoms with Crippen molar-refractivity contribution in [3.63, 3.8) is 0 Å². The van der Waals surface area contributed by atoms with E-state index in [0.717, 1.165) is 28.2 Å². The Labute approximate surface area is 181 Å². The molecular weight excluding hydrogens is 414 g/mol. The van der Waals surface area contributed by atoms with Crippen LogP contribution in [0.4, 0.5) is 23.0 Å². The zero-order valence-corrected chi connectivity index (χ0v) is 18.1. The van der Waals surface area contributed by atoms with Crippen LogP contribution in [0.15, 0.2) is 54.7 Å². The van der Waals surface area contributed by atoms with Crippen molar-refractivity contribution in [3.8, 4) is 0 Å². The van der Waals surface area contributed by atoms with E-state index in [4.69, 9.17) is 0 Å². The van der Waals surface area contributed by atoms with Gasteiger partial charge in [-0.05, 0) is 54.3 Å². The highest BCUT2D eigenvalue weighted by atomic mass is 32.2. The van der Waals surface area contributed by atoms with Gasteiger partial charge in [-0.15, -0.1) is 0 Å². The van der Waals surface area contributed by atoms with E-state index < -0.39 is 10.0 Å². The van der Waals surface area contributed by atoms with Crippen molar-refractivity contribution >= 4 is 38.9 Å². The molecule has 4 rings (SSSR count). The third-order valence-electron chi connectivity index (χ3n) is 5.18. The summed E-state index contributed by atoms with van der Waals surface area (Å²) in [6.07, 6.45) is 4.52. The summed E-state index contributed by atoms with van der Waals surface area (Å²) in [7, 11) is -1.78. The number of nitrogens with one attached hydrogen (secondary N) is 2. The minimum Gasteiger partial charge on any atom is -0.326 e. The summed E-state index contributed by atoms with van der Waals surface area (Å²) in [5.74, 6) is 0.462. The second-order valence-electron chi connectivity index (χ2n) is 7.45. The Morgan fingerprint density at radius 2 is 1.94 bits per heavy atom. The molecule has 2 aromatic carbocycles. The molecule has 0 aliphatic carbocycles. The predicted molar refractivity (Wildman–Crippen MR) is 121 cm³/mol. The van der Waals surface area contributed by atoms with Crippen LogP contribution < -0.4 is 14.9 Å². The van der Waals surface area contributed by atoms with Crippen LogP contribution in [0.5, 0.6) is 0 Å². The monoisotopic (exact) mass is 437 g/mol. The lowest BCUT2D eigenvalue weighted by Crippen LogP contribution is -2.26. The number of amides is 1. The topological polar surface area (TPSA) is 104 Å². The summed E-state index contributed by atoms with van der Waals surface area (Å²) in [5.41, 5.74) is 5.03. The van der Waals surface area contributed by atoms with Gasteiger partial charge < -0.3 is 10.6 Å². The maximum Gasteiger partial charge on any atom is 0.232 e. The summed E-state index contributed by atoms with van der Waals surface area (Å²) in [6, 6.07) is 15.0. The minimum absolute atomic E-state index is 0.00723. The SMILES string of the molecule is CN(c1ccccc1CCc1ccnc(Nc2ccc3c(c2)CC(=O)N3)n1)S(C)(=O)=O. The zero-order chi connectivity index (χ0) is 22.0. The molecule has 0 radical (unpaired) electrons. The first kappa shape index (κ1) is 20.8. The standard InChI is InChI=1S/C22H23N5O3S/c1-27(31(2,29)30)20-6-4-3-5-15(20)7-8-17-11-12-23-22(24-17)25-18-9-10-19-16(13-18)14-21(28)26-19/h3-6,9-13H,7-8,14H2,1-2H3,(H,26,28)(H,23,24,25). The zero-order valence-electron chi connectivity index (χ0n) is 17.3. The molecule has 31 heavy (non-hydrogen) atoms. The molecule has 9 heteroatoms. The second kappa shape index (κ2) is 8.35. The lowest BCUT2D eigenvalue weighted by Gasteiger charge is -2.20. The summed E-state index contributed by atoms with van der Waals surface area (Å²) in [6.45, 7) is 0. The average Bonchev–Trinajstić information content (AvgIpc) is 3.11. The molecule has 160 valence electrons. The lowest BCUT2D eigenvalue weighted by atomic mass is 10.1. The Balaban J connectivity index is 1.47. The molecule has 0 unspecified atom stereocenters. The largest absolute Gasteiger partial charge is 0.326 e. The van der Waals surface area contributed by atoms with Gasteiger partial charge in [-0.3, -0.25) is 9.10 Å². The third-order valence-corrected chi connectivity index (χ3v) is 6.37. The smallest absolute Gasteiger partial charge is 0.232 e. The van der Waals surface area contributed by atoms with Gasteiger partial charge in [0.25, 0.3) is 0 Å². The Bertz CT molecular complexity index is 1240. The molecule has 1 aromatic heterocycles. The van der Waals surface area contributed by atoms with Gasteiger partial charge in [0.1, 0.15) is 0 Å². The number of hydrogen-bond donors (Lipinski definition) is 2. The summed E-state index contributed by atoms with van der Waals surface area (Å²) in [4.78, 5) is 20.4. The number of sulfonamides is 1. The molecule has 0 atom stereocenters. The van der Waals surface area contributed by atoms with E-state index >= 15 is 0 Å². The van der Waals surface area contributed by atoms with Gasteiger partial charge in [-0.2, -0.15) is 0 Å². The van der Waals surface area contributed by atoms with Crippen molar-refractivity contribution in [2.75, 3.05) is 28.2 Å². The first-order valence-corrected chi connectivity index (χ1v) is 11.7. The van der Waals surface area contributed by atoms with Gasteiger partial charge in [0, 0.05) is 30.3 Å². The van der Waals surface area contributed by atoms with Gasteiger partial charge in [0.2, 0.25) is 21.9 Å². The number of benzene rings is 2. The van der Waals surface area contributed by atoms with Crippen molar-refractivity contribution in [2.24, 2.45) is 0 Å². The van der Waals surface area contributed by atoms with Crippen molar-refractivity contribution in [2.45, 2.75) is 19.3 Å². The molecule has 1 aliphatic heterocycles. The van der Waals surface area contributed by atoms with Crippen LogP contribution >= 0.6 is 0 Å². The molecule has 2 N–H and O–H groups in total. The van der Waals surface area contributed by atoms with Crippen molar-refractivity contribution in [1.82, 2.24) is 9.97 Å². The highest BCUT2D eigenvalue weighted by Crippen LogP contribution is 2.27. The molecule has 1 amide bonds. The van der Waals surface area contributed by atoms with E-state index in [2.05, 4.69) is 20.6 Å². The van der Waals surface area contributed by atoms with Crippen LogP contribution in [0.2, 0.25) is 0 Å². The Morgan fingerprint density at radius 1 is 1.13 bits per heavy atom. The van der Waals surface area contributed by atoms with E-state index in [1.807, 2.05) is 42.5 Å². The molecule has 0 bridgehead atoms. The number of hydrogen-bond acceptors (Lipinski definition) is 6. The molecular formula is C22H23N5O3S. The minimum atomic E-state index is -3.34. The van der Waals surface area contributed by atoms with Gasteiger partial charge in [-0.1, -0.05) is 18.2 Å². The number of nitrogens with zero attached hydrogens (tertiary/aromatic N) is 3. The van der Waals surface area contributed by atoms with E-state index in [-0.39, 0.29) is 5.91 Å². The fourth-order valence-electron chi connectivity index (χ4n) is 3.50. The maximum atomic E-state index is 11.9. The Morgan fingerprint density at radius 3 is 2.74 bits per heavy atom. The first-order chi connectivity index (χ1) is 14.8. The van der Waals surface area contributed by atoms with Crippen LogP contribution in [0.1, 0.15) is 16.8 Å².